The molecule has 1 aliphatic heterocycles. The number of benzene rings is 1. The van der Waals surface area contributed by atoms with Crippen molar-refractivity contribution in [3.63, 3.8) is 0 Å². The third kappa shape index (κ3) is 11.3. The predicted octanol–water partition coefficient (Wildman–Crippen LogP) is 0.0933. The number of aryl methyl sites for hydroxylation is 2. The Morgan fingerprint density at radius 2 is 1.83 bits per heavy atom. The van der Waals surface area contributed by atoms with Gasteiger partial charge in [-0.3, -0.25) is 14.1 Å². The molecule has 0 bridgehead atoms. The number of imidazole rings is 1. The number of hydrogen-bond acceptors (Lipinski definition) is 14. The van der Waals surface area contributed by atoms with Crippen LogP contribution in [-0.4, -0.2) is 104 Å². The lowest BCUT2D eigenvalue weighted by Gasteiger charge is -2.50. The number of thiazole rings is 1. The van der Waals surface area contributed by atoms with E-state index in [1.165, 1.54) is 19.2 Å². The van der Waals surface area contributed by atoms with E-state index >= 15 is 0 Å². The summed E-state index contributed by atoms with van der Waals surface area (Å²) >= 11 is 0.961. The zero-order valence-corrected chi connectivity index (χ0v) is 29.5. The number of nitrogens with one attached hydrogen (secondary N) is 1. The molecule has 4 rings (SSSR count). The van der Waals surface area contributed by atoms with E-state index in [9.17, 15) is 41.1 Å². The van der Waals surface area contributed by atoms with Crippen LogP contribution in [-0.2, 0) is 52.3 Å². The number of alkyl halides is 3. The summed E-state index contributed by atoms with van der Waals surface area (Å²) in [6, 6.07) is 5.63. The van der Waals surface area contributed by atoms with Crippen LogP contribution in [0.15, 0.2) is 47.3 Å². The maximum absolute atomic E-state index is 13.2. The van der Waals surface area contributed by atoms with Gasteiger partial charge in [0.05, 0.1) is 19.1 Å². The Hall–Kier alpha value is -5.37. The lowest BCUT2D eigenvalue weighted by Crippen LogP contribution is -2.76. The molecule has 0 unspecified atom stereocenters. The zero-order valence-electron chi connectivity index (χ0n) is 27.9. The Balaban J connectivity index is 0.000000980. The van der Waals surface area contributed by atoms with Crippen LogP contribution in [0.5, 0.6) is 5.75 Å². The van der Waals surface area contributed by atoms with Gasteiger partial charge in [-0.15, -0.1) is 15.6 Å². The van der Waals surface area contributed by atoms with Crippen LogP contribution >= 0.6 is 11.3 Å². The number of oxime groups is 1. The van der Waals surface area contributed by atoms with Gasteiger partial charge in [0.1, 0.15) is 30.3 Å². The molecule has 0 spiro atoms. The quantitative estimate of drug-likeness (QED) is 0.0391. The maximum Gasteiger partial charge on any atom is 0.490 e. The van der Waals surface area contributed by atoms with E-state index in [0.717, 1.165) is 35.6 Å². The average Bonchev–Trinajstić information content (AvgIpc) is 3.66. The maximum atomic E-state index is 13.2. The van der Waals surface area contributed by atoms with Crippen LogP contribution in [0.2, 0.25) is 0 Å². The summed E-state index contributed by atoms with van der Waals surface area (Å²) in [5.74, 6) is -5.87. The second-order valence-electron chi connectivity index (χ2n) is 11.4. The Labute approximate surface area is 302 Å². The Kier molecular flexibility index (Phi) is 13.5. The molecule has 2 atom stereocenters. The normalized spacial score (nSPS) is 16.2. The number of aliphatic carboxylic acids is 2. The van der Waals surface area contributed by atoms with Gasteiger partial charge in [-0.2, -0.15) is 26.7 Å². The summed E-state index contributed by atoms with van der Waals surface area (Å²) in [7, 11) is -3.10. The molecule has 1 saturated heterocycles. The van der Waals surface area contributed by atoms with E-state index in [4.69, 9.17) is 35.5 Å². The summed E-state index contributed by atoms with van der Waals surface area (Å²) in [5.41, 5.74) is 11.1. The number of anilines is 1. The van der Waals surface area contributed by atoms with Gasteiger partial charge in [-0.1, -0.05) is 5.16 Å². The molecule has 0 saturated carbocycles. The lowest BCUT2D eigenvalue weighted by atomic mass is 9.84. The molecule has 20 nitrogen and oxygen atoms in total. The molecule has 1 aliphatic rings. The summed E-state index contributed by atoms with van der Waals surface area (Å²) < 4.78 is 76.8. The number of hydroxylamine groups is 2. The van der Waals surface area contributed by atoms with Crippen molar-refractivity contribution in [1.82, 2.24) is 19.9 Å². The number of halogens is 3. The van der Waals surface area contributed by atoms with Gasteiger partial charge in [0, 0.05) is 10.9 Å². The van der Waals surface area contributed by atoms with Gasteiger partial charge in [0.2, 0.25) is 6.33 Å². The van der Waals surface area contributed by atoms with Gasteiger partial charge < -0.3 is 36.6 Å². The number of amides is 2. The first-order valence-corrected chi connectivity index (χ1v) is 17.1. The molecule has 3 aromatic rings. The Morgan fingerprint density at radius 1 is 1.21 bits per heavy atom. The molecular weight excluding hydrogens is 761 g/mol. The first-order chi connectivity index (χ1) is 24.5. The number of carbonyl (C=O) groups excluding carboxylic acids is 2. The van der Waals surface area contributed by atoms with Crippen molar-refractivity contribution in [1.29, 1.82) is 0 Å². The number of ether oxygens (including phenoxy) is 1. The molecule has 1 aromatic carbocycles. The van der Waals surface area contributed by atoms with Crippen LogP contribution in [0.25, 0.3) is 11.3 Å². The highest BCUT2D eigenvalue weighted by molar-refractivity contribution is 7.80. The number of β-lactam (4-membered cyclic amide) rings is 1. The van der Waals surface area contributed by atoms with Crippen molar-refractivity contribution in [2.75, 3.05) is 18.9 Å². The highest BCUT2D eigenvalue weighted by Gasteiger charge is 2.58. The van der Waals surface area contributed by atoms with Crippen molar-refractivity contribution < 1.29 is 74.0 Å². The number of aromatic nitrogens is 3. The van der Waals surface area contributed by atoms with Gasteiger partial charge >= 0.3 is 28.5 Å². The summed E-state index contributed by atoms with van der Waals surface area (Å²) in [4.78, 5) is 55.7. The van der Waals surface area contributed by atoms with Crippen molar-refractivity contribution in [2.24, 2.45) is 17.9 Å². The van der Waals surface area contributed by atoms with Crippen molar-refractivity contribution in [3.8, 4) is 17.0 Å². The number of nitrogen functional groups attached to an aromatic ring is 1. The number of carbonyl (C=O) groups is 4. The largest absolute Gasteiger partial charge is 0.490 e. The van der Waals surface area contributed by atoms with Gasteiger partial charge in [0.25, 0.3) is 17.9 Å². The summed E-state index contributed by atoms with van der Waals surface area (Å²) in [5, 5.41) is 24.7. The Morgan fingerprint density at radius 3 is 2.32 bits per heavy atom. The van der Waals surface area contributed by atoms with E-state index in [1.807, 2.05) is 40.8 Å². The van der Waals surface area contributed by atoms with E-state index in [0.29, 0.717) is 17.4 Å². The number of hydrogen-bond donors (Lipinski definition) is 6. The standard InChI is InChI=1S/C26H32N8O10S2.C2HF3O2/c1-26(2)21(23(36)34(26)44-46(39,40)41)30-22(35)20(17-13-45-25(28)29-17)31-43-19(24(37)38)12-42-16-7-5-15(6-8-16)18-11-33(10-4-9-27)14-32(18)3;3-2(4,5)1(6)7/h5-8,11,13-14,19,21H,4,9-10,12,27H2,1-3H3,(H4-,28,29,30,35,37,38,39,40,41);(H,6,7)/p+1/b31-20-;/t19-,21+;/m0./s1. The third-order valence-corrected chi connectivity index (χ3v) is 8.06. The smallest absolute Gasteiger partial charge is 0.489 e. The minimum Gasteiger partial charge on any atom is -0.489 e. The molecule has 2 aromatic heterocycles. The lowest BCUT2D eigenvalue weighted by molar-refractivity contribution is -0.660. The van der Waals surface area contributed by atoms with E-state index in [2.05, 4.69) is 19.7 Å². The van der Waals surface area contributed by atoms with Crippen LogP contribution < -0.4 is 26.1 Å². The van der Waals surface area contributed by atoms with Gasteiger partial charge in [-0.05, 0) is 51.1 Å². The number of nitrogens with zero attached hydrogens (tertiary/aromatic N) is 5. The minimum absolute atomic E-state index is 0.0607. The molecule has 1 fully saturated rings. The fourth-order valence-corrected chi connectivity index (χ4v) is 5.42. The number of rotatable bonds is 15. The minimum atomic E-state index is -5.08. The third-order valence-electron chi connectivity index (χ3n) is 7.05. The highest BCUT2D eigenvalue weighted by atomic mass is 32.3. The van der Waals surface area contributed by atoms with E-state index in [-0.39, 0.29) is 10.8 Å². The zero-order chi connectivity index (χ0) is 39.9. The van der Waals surface area contributed by atoms with Crippen molar-refractivity contribution >= 4 is 56.3 Å². The number of carboxylic acid groups (broad SMARTS) is 2. The van der Waals surface area contributed by atoms with Gasteiger partial charge in [0.15, 0.2) is 16.5 Å². The highest BCUT2D eigenvalue weighted by Crippen LogP contribution is 2.33. The number of carboxylic acids is 2. The van der Waals surface area contributed by atoms with Crippen LogP contribution in [0.1, 0.15) is 26.0 Å². The molecule has 53 heavy (non-hydrogen) atoms. The summed E-state index contributed by atoms with van der Waals surface area (Å²) in [6.45, 7) is 3.60. The number of nitrogens with two attached hydrogens (primary N) is 2. The first kappa shape index (κ1) is 42.0. The topological polar surface area (TPSA) is 292 Å². The average molecular weight is 796 g/mol. The molecular formula is C28H34F3N8O12S2+. The van der Waals surface area contributed by atoms with E-state index < -0.39 is 70.3 Å². The molecule has 25 heteroatoms. The molecule has 0 aliphatic carbocycles. The van der Waals surface area contributed by atoms with Crippen LogP contribution in [0, 0.1) is 0 Å². The fraction of sp³-hybridized carbons (Fsp3) is 0.393. The Bertz CT molecular complexity index is 1950. The molecule has 290 valence electrons. The monoisotopic (exact) mass is 795 g/mol. The van der Waals surface area contributed by atoms with Crippen molar-refractivity contribution in [2.45, 2.75) is 50.7 Å². The summed E-state index contributed by atoms with van der Waals surface area (Å²) in [6.07, 6.45) is -1.97. The first-order valence-electron chi connectivity index (χ1n) is 14.8. The van der Waals surface area contributed by atoms with Crippen LogP contribution in [0.4, 0.5) is 18.3 Å². The SMILES string of the molecule is C[n+]1cn(CCCN)cc1-c1ccc(OC[C@H](O/N=C(\C(=O)N[C@@H]2C(=O)N(OS(=O)(=O)O)C2(C)C)c2csc(N)n2)C(=O)O)cc1.O=C(O)C(F)(F)F. The second-order valence-corrected chi connectivity index (χ2v) is 13.3. The molecule has 8 N–H and O–H groups in total. The predicted molar refractivity (Wildman–Crippen MR) is 175 cm³/mol. The second kappa shape index (κ2) is 17.0. The van der Waals surface area contributed by atoms with Gasteiger partial charge in [-0.25, -0.2) is 23.7 Å². The van der Waals surface area contributed by atoms with Crippen LogP contribution in [0.3, 0.4) is 0 Å². The fourth-order valence-electron chi connectivity index (χ4n) is 4.42. The molecule has 2 amide bonds. The van der Waals surface area contributed by atoms with Crippen molar-refractivity contribution in [3.05, 3.63) is 47.9 Å². The molecule has 0 radical (unpaired) electrons. The van der Waals surface area contributed by atoms with E-state index in [1.54, 1.807) is 12.1 Å². The molecule has 3 heterocycles.